The van der Waals surface area contributed by atoms with E-state index in [1.807, 2.05) is 0 Å². The maximum atomic E-state index is 13.2. The topological polar surface area (TPSA) is 66.8 Å². The number of aliphatic carboxylic acids is 1. The van der Waals surface area contributed by atoms with Crippen molar-refractivity contribution in [2.24, 2.45) is 0 Å². The van der Waals surface area contributed by atoms with Crippen LogP contribution in [0.25, 0.3) is 5.57 Å². The van der Waals surface area contributed by atoms with E-state index >= 15 is 0 Å². The molecule has 0 radical (unpaired) electrons. The molecule has 112 valence electrons. The van der Waals surface area contributed by atoms with E-state index in [0.29, 0.717) is 17.7 Å². The zero-order valence-electron chi connectivity index (χ0n) is 11.6. The first-order valence-corrected chi connectivity index (χ1v) is 6.55. The monoisotopic (exact) mass is 293 g/mol. The minimum Gasteiger partial charge on any atom is -0.479 e. The van der Waals surface area contributed by atoms with Gasteiger partial charge in [0.25, 0.3) is 0 Å². The number of nitrogens with zero attached hydrogens (tertiary/aromatic N) is 1. The summed E-state index contributed by atoms with van der Waals surface area (Å²) in [6.07, 6.45) is 0.393. The molecule has 1 N–H and O–H groups in total. The summed E-state index contributed by atoms with van der Waals surface area (Å²) in [6, 6.07) is 5.96. The molecule has 0 bridgehead atoms. The van der Waals surface area contributed by atoms with Gasteiger partial charge in [-0.25, -0.2) is 9.18 Å². The van der Waals surface area contributed by atoms with Crippen LogP contribution in [0.15, 0.2) is 30.3 Å². The van der Waals surface area contributed by atoms with Gasteiger partial charge in [-0.3, -0.25) is 4.79 Å². The molecule has 1 atom stereocenters. The molecule has 1 fully saturated rings. The largest absolute Gasteiger partial charge is 0.479 e. The van der Waals surface area contributed by atoms with Crippen molar-refractivity contribution < 1.29 is 23.8 Å². The van der Waals surface area contributed by atoms with Gasteiger partial charge in [0, 0.05) is 12.6 Å². The van der Waals surface area contributed by atoms with Crippen molar-refractivity contribution in [3.05, 3.63) is 41.7 Å². The third-order valence-corrected chi connectivity index (χ3v) is 3.27. The third-order valence-electron chi connectivity index (χ3n) is 3.27. The predicted molar refractivity (Wildman–Crippen MR) is 74.0 cm³/mol. The molecule has 0 saturated carbocycles. The molecule has 0 aromatic heterocycles. The fourth-order valence-electron chi connectivity index (χ4n) is 2.09. The van der Waals surface area contributed by atoms with Crippen molar-refractivity contribution in [2.75, 3.05) is 19.7 Å². The number of amides is 1. The van der Waals surface area contributed by atoms with Crippen LogP contribution in [0.5, 0.6) is 0 Å². The molecule has 0 spiro atoms. The number of carbonyl (C=O) groups is 2. The second kappa shape index (κ2) is 6.49. The van der Waals surface area contributed by atoms with E-state index in [9.17, 15) is 14.0 Å². The van der Waals surface area contributed by atoms with E-state index in [2.05, 4.69) is 0 Å². The van der Waals surface area contributed by atoms with Crippen molar-refractivity contribution >= 4 is 17.4 Å². The molecule has 1 saturated heterocycles. The van der Waals surface area contributed by atoms with E-state index in [1.54, 1.807) is 19.1 Å². The molecule has 1 aromatic carbocycles. The summed E-state index contributed by atoms with van der Waals surface area (Å²) in [7, 11) is 0. The highest BCUT2D eigenvalue weighted by molar-refractivity contribution is 5.95. The number of halogens is 1. The summed E-state index contributed by atoms with van der Waals surface area (Å²) in [4.78, 5) is 24.4. The second-order valence-corrected chi connectivity index (χ2v) is 4.82. The Hall–Kier alpha value is -2.21. The van der Waals surface area contributed by atoms with Gasteiger partial charge in [0.2, 0.25) is 5.91 Å². The van der Waals surface area contributed by atoms with Crippen molar-refractivity contribution in [1.29, 1.82) is 0 Å². The number of benzene rings is 1. The lowest BCUT2D eigenvalue weighted by Gasteiger charge is -2.30. The van der Waals surface area contributed by atoms with E-state index in [-0.39, 0.29) is 24.9 Å². The van der Waals surface area contributed by atoms with Crippen molar-refractivity contribution in [3.63, 3.8) is 0 Å². The zero-order valence-corrected chi connectivity index (χ0v) is 11.6. The smallest absolute Gasteiger partial charge is 0.334 e. The van der Waals surface area contributed by atoms with Gasteiger partial charge in [0.1, 0.15) is 5.82 Å². The van der Waals surface area contributed by atoms with Crippen LogP contribution in [0.3, 0.4) is 0 Å². The van der Waals surface area contributed by atoms with Crippen LogP contribution in [0.2, 0.25) is 0 Å². The highest BCUT2D eigenvalue weighted by Gasteiger charge is 2.28. The first kappa shape index (κ1) is 15.2. The number of hydrogen-bond donors (Lipinski definition) is 1. The van der Waals surface area contributed by atoms with Crippen molar-refractivity contribution in [1.82, 2.24) is 4.90 Å². The molecule has 1 aliphatic heterocycles. The minimum atomic E-state index is -1.08. The molecule has 5 nitrogen and oxygen atoms in total. The standard InChI is InChI=1S/C15H16FNO4/c1-10(11-3-2-4-12(16)8-11)7-14(18)17-5-6-21-13(9-17)15(19)20/h2-4,7-8,13H,5-6,9H2,1H3,(H,19,20). The van der Waals surface area contributed by atoms with E-state index < -0.39 is 12.1 Å². The Morgan fingerprint density at radius 1 is 1.48 bits per heavy atom. The Bertz CT molecular complexity index is 585. The summed E-state index contributed by atoms with van der Waals surface area (Å²) in [5.41, 5.74) is 1.24. The third kappa shape index (κ3) is 3.88. The molecule has 1 aliphatic rings. The van der Waals surface area contributed by atoms with Crippen molar-refractivity contribution in [3.8, 4) is 0 Å². The molecule has 1 aromatic rings. The fourth-order valence-corrected chi connectivity index (χ4v) is 2.09. The molecule has 1 unspecified atom stereocenters. The van der Waals surface area contributed by atoms with Gasteiger partial charge in [-0.2, -0.15) is 0 Å². The lowest BCUT2D eigenvalue weighted by atomic mass is 10.1. The highest BCUT2D eigenvalue weighted by atomic mass is 19.1. The average molecular weight is 293 g/mol. The molecular formula is C15H16FNO4. The van der Waals surface area contributed by atoms with Crippen LogP contribution in [-0.4, -0.2) is 47.7 Å². The summed E-state index contributed by atoms with van der Waals surface area (Å²) in [6.45, 7) is 2.26. The van der Waals surface area contributed by atoms with Crippen LogP contribution >= 0.6 is 0 Å². The lowest BCUT2D eigenvalue weighted by molar-refractivity contribution is -0.158. The number of rotatable bonds is 3. The van der Waals surface area contributed by atoms with Gasteiger partial charge in [-0.15, -0.1) is 0 Å². The van der Waals surface area contributed by atoms with Gasteiger partial charge >= 0.3 is 5.97 Å². The number of ether oxygens (including phenoxy) is 1. The van der Waals surface area contributed by atoms with E-state index in [0.717, 1.165) is 0 Å². The Morgan fingerprint density at radius 3 is 2.90 bits per heavy atom. The zero-order chi connectivity index (χ0) is 15.4. The van der Waals surface area contributed by atoms with Gasteiger partial charge in [0.15, 0.2) is 6.10 Å². The Morgan fingerprint density at radius 2 is 2.24 bits per heavy atom. The molecule has 6 heteroatoms. The normalized spacial score (nSPS) is 19.4. The Labute approximate surface area is 121 Å². The number of morpholine rings is 1. The molecular weight excluding hydrogens is 277 g/mol. The summed E-state index contributed by atoms with van der Waals surface area (Å²) in [5.74, 6) is -1.75. The molecule has 21 heavy (non-hydrogen) atoms. The first-order valence-electron chi connectivity index (χ1n) is 6.55. The Kier molecular flexibility index (Phi) is 4.70. The van der Waals surface area contributed by atoms with Gasteiger partial charge in [-0.05, 0) is 30.2 Å². The summed E-state index contributed by atoms with van der Waals surface area (Å²) in [5, 5.41) is 8.91. The number of carbonyl (C=O) groups excluding carboxylic acids is 1. The quantitative estimate of drug-likeness (QED) is 0.859. The maximum Gasteiger partial charge on any atom is 0.334 e. The van der Waals surface area contributed by atoms with Crippen molar-refractivity contribution in [2.45, 2.75) is 13.0 Å². The maximum absolute atomic E-state index is 13.2. The van der Waals surface area contributed by atoms with Crippen LogP contribution in [0.1, 0.15) is 12.5 Å². The van der Waals surface area contributed by atoms with E-state index in [4.69, 9.17) is 9.84 Å². The van der Waals surface area contributed by atoms with E-state index in [1.165, 1.54) is 23.1 Å². The van der Waals surface area contributed by atoms with Crippen LogP contribution < -0.4 is 0 Å². The molecule has 2 rings (SSSR count). The molecule has 1 amide bonds. The number of carboxylic acid groups (broad SMARTS) is 1. The molecule has 0 aliphatic carbocycles. The van der Waals surface area contributed by atoms with Gasteiger partial charge < -0.3 is 14.7 Å². The lowest BCUT2D eigenvalue weighted by Crippen LogP contribution is -2.48. The predicted octanol–water partition coefficient (Wildman–Crippen LogP) is 1.54. The number of allylic oxidation sites excluding steroid dienone is 1. The highest BCUT2D eigenvalue weighted by Crippen LogP contribution is 2.16. The van der Waals surface area contributed by atoms with Crippen LogP contribution in [-0.2, 0) is 14.3 Å². The Balaban J connectivity index is 2.09. The van der Waals surface area contributed by atoms with Crippen LogP contribution in [0, 0.1) is 5.82 Å². The SMILES string of the molecule is CC(=CC(=O)N1CCOC(C(=O)O)C1)c1cccc(F)c1. The first-order chi connectivity index (χ1) is 9.97. The number of carboxylic acids is 1. The fraction of sp³-hybridized carbons (Fsp3) is 0.333. The van der Waals surface area contributed by atoms with Gasteiger partial charge in [0.05, 0.1) is 13.2 Å². The minimum absolute atomic E-state index is 0.0150. The van der Waals surface area contributed by atoms with Gasteiger partial charge in [-0.1, -0.05) is 12.1 Å². The second-order valence-electron chi connectivity index (χ2n) is 4.82. The summed E-state index contributed by atoms with van der Waals surface area (Å²) < 4.78 is 18.2. The van der Waals surface area contributed by atoms with Crippen LogP contribution in [0.4, 0.5) is 4.39 Å². The average Bonchev–Trinajstić information content (AvgIpc) is 2.47. The number of hydrogen-bond acceptors (Lipinski definition) is 3. The molecule has 1 heterocycles. The summed E-state index contributed by atoms with van der Waals surface area (Å²) >= 11 is 0.